The number of aliphatic hydroxyl groups is 2. The largest absolute Gasteiger partial charge is 0.469 e. The normalized spacial score (nSPS) is 44.2. The van der Waals surface area contributed by atoms with E-state index in [0.29, 0.717) is 0 Å². The van der Waals surface area contributed by atoms with Crippen LogP contribution < -0.4 is 0 Å². The van der Waals surface area contributed by atoms with Gasteiger partial charge >= 0.3 is 5.97 Å². The maximum Gasteiger partial charge on any atom is 0.311 e. The topological polar surface area (TPSA) is 85.2 Å². The number of aliphatic hydroxyl groups excluding tert-OH is 2. The van der Waals surface area contributed by atoms with Gasteiger partial charge in [0, 0.05) is 0 Å². The SMILES string of the molecule is COC(=O)[C@H]1C[C@H](O)[C@H](O)[C@H]2OC(C)(C)O[C@H]21. The molecule has 1 saturated carbocycles. The van der Waals surface area contributed by atoms with E-state index in [-0.39, 0.29) is 6.42 Å². The molecule has 0 aromatic rings. The number of esters is 1. The van der Waals surface area contributed by atoms with Crippen LogP contribution in [0.25, 0.3) is 0 Å². The monoisotopic (exact) mass is 246 g/mol. The number of hydrogen-bond donors (Lipinski definition) is 2. The molecule has 98 valence electrons. The number of ether oxygens (including phenoxy) is 3. The Balaban J connectivity index is 2.23. The molecule has 5 atom stereocenters. The van der Waals surface area contributed by atoms with Gasteiger partial charge in [-0.3, -0.25) is 4.79 Å². The van der Waals surface area contributed by atoms with E-state index >= 15 is 0 Å². The Bertz CT molecular complexity index is 315. The Morgan fingerprint density at radius 3 is 2.47 bits per heavy atom. The van der Waals surface area contributed by atoms with Crippen molar-refractivity contribution in [1.82, 2.24) is 0 Å². The smallest absolute Gasteiger partial charge is 0.311 e. The summed E-state index contributed by atoms with van der Waals surface area (Å²) in [6, 6.07) is 0. The number of carbonyl (C=O) groups excluding carboxylic acids is 1. The maximum absolute atomic E-state index is 11.6. The summed E-state index contributed by atoms with van der Waals surface area (Å²) < 4.78 is 15.8. The summed E-state index contributed by atoms with van der Waals surface area (Å²) in [4.78, 5) is 11.6. The van der Waals surface area contributed by atoms with E-state index in [9.17, 15) is 15.0 Å². The molecule has 1 aliphatic carbocycles. The third kappa shape index (κ3) is 2.18. The minimum absolute atomic E-state index is 0.119. The Hall–Kier alpha value is -0.690. The van der Waals surface area contributed by atoms with Crippen molar-refractivity contribution in [2.75, 3.05) is 7.11 Å². The minimum Gasteiger partial charge on any atom is -0.469 e. The van der Waals surface area contributed by atoms with Crippen molar-refractivity contribution in [3.8, 4) is 0 Å². The molecule has 1 heterocycles. The van der Waals surface area contributed by atoms with Gasteiger partial charge in [0.2, 0.25) is 0 Å². The molecule has 0 spiro atoms. The molecule has 0 aromatic carbocycles. The van der Waals surface area contributed by atoms with Crippen molar-refractivity contribution in [2.24, 2.45) is 5.92 Å². The molecule has 0 unspecified atom stereocenters. The van der Waals surface area contributed by atoms with Gasteiger partial charge in [-0.05, 0) is 20.3 Å². The highest BCUT2D eigenvalue weighted by molar-refractivity contribution is 5.73. The average Bonchev–Trinajstić information content (AvgIpc) is 2.58. The van der Waals surface area contributed by atoms with E-state index in [0.717, 1.165) is 0 Å². The fourth-order valence-electron chi connectivity index (χ4n) is 2.53. The number of fused-ring (bicyclic) bond motifs is 1. The van der Waals surface area contributed by atoms with Gasteiger partial charge in [0.25, 0.3) is 0 Å². The maximum atomic E-state index is 11.6. The van der Waals surface area contributed by atoms with Gasteiger partial charge in [-0.1, -0.05) is 0 Å². The molecule has 2 N–H and O–H groups in total. The van der Waals surface area contributed by atoms with Gasteiger partial charge in [0.1, 0.15) is 18.3 Å². The summed E-state index contributed by atoms with van der Waals surface area (Å²) in [5.74, 6) is -1.93. The molecule has 2 rings (SSSR count). The molecule has 0 radical (unpaired) electrons. The number of rotatable bonds is 1. The second-order valence-corrected chi connectivity index (χ2v) is 4.99. The van der Waals surface area contributed by atoms with Crippen LogP contribution in [0.5, 0.6) is 0 Å². The van der Waals surface area contributed by atoms with Crippen molar-refractivity contribution < 1.29 is 29.2 Å². The summed E-state index contributed by atoms with van der Waals surface area (Å²) in [6.07, 6.45) is -3.19. The summed E-state index contributed by atoms with van der Waals surface area (Å²) in [6.45, 7) is 3.41. The second kappa shape index (κ2) is 4.20. The fourth-order valence-corrected chi connectivity index (χ4v) is 2.53. The van der Waals surface area contributed by atoms with Crippen LogP contribution in [-0.4, -0.2) is 53.5 Å². The van der Waals surface area contributed by atoms with E-state index in [1.807, 2.05) is 0 Å². The lowest BCUT2D eigenvalue weighted by Crippen LogP contribution is -2.54. The van der Waals surface area contributed by atoms with Crippen LogP contribution >= 0.6 is 0 Å². The summed E-state index contributed by atoms with van der Waals surface area (Å²) in [7, 11) is 1.29. The molecule has 6 heteroatoms. The van der Waals surface area contributed by atoms with E-state index in [1.54, 1.807) is 13.8 Å². The molecule has 0 bridgehead atoms. The first kappa shape index (κ1) is 12.8. The first-order valence-electron chi connectivity index (χ1n) is 5.65. The zero-order valence-corrected chi connectivity index (χ0v) is 10.1. The quantitative estimate of drug-likeness (QED) is 0.602. The van der Waals surface area contributed by atoms with Gasteiger partial charge in [-0.25, -0.2) is 0 Å². The van der Waals surface area contributed by atoms with E-state index in [1.165, 1.54) is 7.11 Å². The summed E-state index contributed by atoms with van der Waals surface area (Å²) in [5.41, 5.74) is 0. The first-order chi connectivity index (χ1) is 7.85. The highest BCUT2D eigenvalue weighted by Crippen LogP contribution is 2.40. The molecule has 1 aliphatic heterocycles. The first-order valence-corrected chi connectivity index (χ1v) is 5.65. The van der Waals surface area contributed by atoms with Gasteiger partial charge in [-0.15, -0.1) is 0 Å². The van der Waals surface area contributed by atoms with Crippen LogP contribution in [0, 0.1) is 5.92 Å². The third-order valence-electron chi connectivity index (χ3n) is 3.29. The van der Waals surface area contributed by atoms with E-state index in [4.69, 9.17) is 9.47 Å². The predicted molar refractivity (Wildman–Crippen MR) is 56.0 cm³/mol. The van der Waals surface area contributed by atoms with Crippen LogP contribution in [0.15, 0.2) is 0 Å². The third-order valence-corrected chi connectivity index (χ3v) is 3.29. The van der Waals surface area contributed by atoms with Crippen molar-refractivity contribution in [3.63, 3.8) is 0 Å². The van der Waals surface area contributed by atoms with Crippen LogP contribution in [0.4, 0.5) is 0 Å². The lowest BCUT2D eigenvalue weighted by Gasteiger charge is -2.36. The lowest BCUT2D eigenvalue weighted by atomic mass is 9.81. The number of carbonyl (C=O) groups is 1. The highest BCUT2D eigenvalue weighted by atomic mass is 16.8. The summed E-state index contributed by atoms with van der Waals surface area (Å²) in [5, 5.41) is 19.6. The van der Waals surface area contributed by atoms with Crippen LogP contribution in [-0.2, 0) is 19.0 Å². The van der Waals surface area contributed by atoms with Gasteiger partial charge in [0.05, 0.1) is 19.1 Å². The molecule has 17 heavy (non-hydrogen) atoms. The van der Waals surface area contributed by atoms with Crippen molar-refractivity contribution in [1.29, 1.82) is 0 Å². The molecule has 2 fully saturated rings. The fraction of sp³-hybridized carbons (Fsp3) is 0.909. The second-order valence-electron chi connectivity index (χ2n) is 4.99. The highest BCUT2D eigenvalue weighted by Gasteiger charge is 2.55. The molecular formula is C11H18O6. The Morgan fingerprint density at radius 2 is 1.88 bits per heavy atom. The standard InChI is InChI=1S/C11H18O6/c1-11(2)16-8-5(10(14)15-3)4-6(12)7(13)9(8)17-11/h5-9,12-13H,4H2,1-3H3/t5-,6-,7-,8-,9+/m0/s1. The lowest BCUT2D eigenvalue weighted by molar-refractivity contribution is -0.163. The Morgan fingerprint density at radius 1 is 1.29 bits per heavy atom. The molecular weight excluding hydrogens is 228 g/mol. The van der Waals surface area contributed by atoms with Crippen molar-refractivity contribution in [2.45, 2.75) is 50.5 Å². The van der Waals surface area contributed by atoms with Crippen LogP contribution in [0.3, 0.4) is 0 Å². The molecule has 2 aliphatic rings. The van der Waals surface area contributed by atoms with Crippen LogP contribution in [0.1, 0.15) is 20.3 Å². The predicted octanol–water partition coefficient (Wildman–Crippen LogP) is -0.579. The number of hydrogen-bond acceptors (Lipinski definition) is 6. The van der Waals surface area contributed by atoms with Gasteiger partial charge < -0.3 is 24.4 Å². The van der Waals surface area contributed by atoms with E-state index < -0.39 is 42.1 Å². The van der Waals surface area contributed by atoms with Crippen molar-refractivity contribution in [3.05, 3.63) is 0 Å². The Kier molecular flexibility index (Phi) is 3.15. The number of methoxy groups -OCH3 is 1. The van der Waals surface area contributed by atoms with Crippen LogP contribution in [0.2, 0.25) is 0 Å². The Labute approximate surface area is 99.5 Å². The van der Waals surface area contributed by atoms with Crippen molar-refractivity contribution >= 4 is 5.97 Å². The molecule has 1 saturated heterocycles. The molecule has 6 nitrogen and oxygen atoms in total. The molecule has 0 aromatic heterocycles. The zero-order chi connectivity index (χ0) is 12.8. The van der Waals surface area contributed by atoms with Gasteiger partial charge in [0.15, 0.2) is 5.79 Å². The van der Waals surface area contributed by atoms with Gasteiger partial charge in [-0.2, -0.15) is 0 Å². The summed E-state index contributed by atoms with van der Waals surface area (Å²) >= 11 is 0. The molecule has 0 amide bonds. The minimum atomic E-state index is -1.04. The zero-order valence-electron chi connectivity index (χ0n) is 10.1. The average molecular weight is 246 g/mol. The van der Waals surface area contributed by atoms with E-state index in [2.05, 4.69) is 4.74 Å².